The summed E-state index contributed by atoms with van der Waals surface area (Å²) in [4.78, 5) is 51.0. The van der Waals surface area contributed by atoms with Crippen LogP contribution in [0.25, 0.3) is 16.6 Å². The first kappa shape index (κ1) is 27.3. The van der Waals surface area contributed by atoms with Gasteiger partial charge in [-0.1, -0.05) is 6.07 Å². The molecule has 0 atom stereocenters. The molecular weight excluding hydrogens is 632 g/mol. The summed E-state index contributed by atoms with van der Waals surface area (Å²) in [6.45, 7) is 1.42. The number of carbonyl (C=O) groups is 1. The number of benzene rings is 2. The second-order valence-electron chi connectivity index (χ2n) is 8.52. The molecule has 0 spiro atoms. The fraction of sp³-hybridized carbons (Fsp3) is 0.167. The SMILES string of the molecule is Cc1c(=O)n(C)c(Nc2ccc(I)cc2F)c2c(=O)n(C)c(=O)n(-c3cccc(S(=O)(=O)CC(N)=O)c3)c12. The number of aryl methyl sites for hydroxylation is 1. The summed E-state index contributed by atoms with van der Waals surface area (Å²) in [5.74, 6) is -2.70. The predicted molar refractivity (Wildman–Crippen MR) is 148 cm³/mol. The molecule has 1 amide bonds. The first-order valence-corrected chi connectivity index (χ1v) is 13.7. The van der Waals surface area contributed by atoms with Crippen LogP contribution < -0.4 is 27.9 Å². The van der Waals surface area contributed by atoms with Crippen LogP contribution in [0.5, 0.6) is 0 Å². The van der Waals surface area contributed by atoms with Crippen LogP contribution in [0.2, 0.25) is 0 Å². The number of primary amides is 1. The van der Waals surface area contributed by atoms with Crippen LogP contribution in [0.4, 0.5) is 15.9 Å². The lowest BCUT2D eigenvalue weighted by atomic mass is 10.1. The first-order valence-electron chi connectivity index (χ1n) is 10.9. The van der Waals surface area contributed by atoms with Crippen LogP contribution >= 0.6 is 22.6 Å². The van der Waals surface area contributed by atoms with E-state index >= 15 is 0 Å². The Bertz CT molecular complexity index is 1950. The Balaban J connectivity index is 2.12. The molecule has 0 fully saturated rings. The molecule has 0 bridgehead atoms. The van der Waals surface area contributed by atoms with E-state index in [0.717, 1.165) is 19.8 Å². The van der Waals surface area contributed by atoms with E-state index in [-0.39, 0.29) is 38.6 Å². The topological polar surface area (TPSA) is 155 Å². The lowest BCUT2D eigenvalue weighted by molar-refractivity contribution is -0.115. The van der Waals surface area contributed by atoms with E-state index in [9.17, 15) is 32.0 Å². The number of nitrogens with zero attached hydrogens (tertiary/aromatic N) is 3. The minimum Gasteiger partial charge on any atom is -0.369 e. The molecule has 0 saturated carbocycles. The molecule has 14 heteroatoms. The van der Waals surface area contributed by atoms with Crippen molar-refractivity contribution in [2.24, 2.45) is 19.8 Å². The van der Waals surface area contributed by atoms with Crippen molar-refractivity contribution in [2.45, 2.75) is 11.8 Å². The van der Waals surface area contributed by atoms with Crippen molar-refractivity contribution in [2.75, 3.05) is 11.1 Å². The highest BCUT2D eigenvalue weighted by Gasteiger charge is 2.24. The molecule has 2 heterocycles. The van der Waals surface area contributed by atoms with Gasteiger partial charge in [0, 0.05) is 23.2 Å². The number of nitrogens with two attached hydrogens (primary N) is 1. The van der Waals surface area contributed by atoms with Gasteiger partial charge in [-0.2, -0.15) is 0 Å². The number of pyridine rings is 1. The molecule has 198 valence electrons. The van der Waals surface area contributed by atoms with Gasteiger partial charge in [-0.3, -0.25) is 28.1 Å². The lowest BCUT2D eigenvalue weighted by Crippen LogP contribution is -2.40. The van der Waals surface area contributed by atoms with Crippen molar-refractivity contribution in [1.29, 1.82) is 0 Å². The van der Waals surface area contributed by atoms with E-state index in [1.165, 1.54) is 51.4 Å². The van der Waals surface area contributed by atoms with Crippen LogP contribution in [-0.2, 0) is 28.7 Å². The van der Waals surface area contributed by atoms with Gasteiger partial charge in [0.15, 0.2) is 9.84 Å². The number of anilines is 2. The molecule has 38 heavy (non-hydrogen) atoms. The number of sulfone groups is 1. The molecular formula is C24H21FIN5O6S. The van der Waals surface area contributed by atoms with Crippen molar-refractivity contribution in [3.63, 3.8) is 0 Å². The maximum Gasteiger partial charge on any atom is 0.335 e. The van der Waals surface area contributed by atoms with Gasteiger partial charge in [0.2, 0.25) is 5.91 Å². The summed E-state index contributed by atoms with van der Waals surface area (Å²) >= 11 is 1.94. The van der Waals surface area contributed by atoms with Crippen molar-refractivity contribution < 1.29 is 17.6 Å². The zero-order valence-corrected chi connectivity index (χ0v) is 23.3. The maximum absolute atomic E-state index is 14.7. The summed E-state index contributed by atoms with van der Waals surface area (Å²) in [5, 5.41) is 2.71. The molecule has 0 aliphatic rings. The molecule has 2 aromatic carbocycles. The molecule has 4 aromatic rings. The van der Waals surface area contributed by atoms with Crippen molar-refractivity contribution in [1.82, 2.24) is 13.7 Å². The minimum atomic E-state index is -4.14. The Hall–Kier alpha value is -3.79. The number of hydrogen-bond acceptors (Lipinski definition) is 7. The fourth-order valence-electron chi connectivity index (χ4n) is 4.10. The molecule has 0 radical (unpaired) electrons. The number of halogens is 2. The van der Waals surface area contributed by atoms with Gasteiger partial charge in [-0.05, 0) is 65.9 Å². The van der Waals surface area contributed by atoms with Gasteiger partial charge in [-0.25, -0.2) is 17.6 Å². The number of aromatic nitrogens is 3. The van der Waals surface area contributed by atoms with Gasteiger partial charge < -0.3 is 11.1 Å². The second-order valence-corrected chi connectivity index (χ2v) is 11.8. The average Bonchev–Trinajstić information content (AvgIpc) is 2.84. The predicted octanol–water partition coefficient (Wildman–Crippen LogP) is 1.44. The van der Waals surface area contributed by atoms with E-state index in [4.69, 9.17) is 5.73 Å². The van der Waals surface area contributed by atoms with Gasteiger partial charge in [-0.15, -0.1) is 0 Å². The van der Waals surface area contributed by atoms with Crippen molar-refractivity contribution in [3.8, 4) is 5.69 Å². The third kappa shape index (κ3) is 4.64. The number of carbonyl (C=O) groups excluding carboxylic acids is 1. The highest BCUT2D eigenvalue weighted by molar-refractivity contribution is 14.1. The molecule has 3 N–H and O–H groups in total. The second kappa shape index (κ2) is 9.83. The van der Waals surface area contributed by atoms with E-state index in [2.05, 4.69) is 5.32 Å². The van der Waals surface area contributed by atoms with Crippen molar-refractivity contribution >= 4 is 60.7 Å². The summed E-state index contributed by atoms with van der Waals surface area (Å²) in [6, 6.07) is 9.49. The Morgan fingerprint density at radius 3 is 2.37 bits per heavy atom. The Morgan fingerprint density at radius 1 is 1.05 bits per heavy atom. The lowest BCUT2D eigenvalue weighted by Gasteiger charge is -2.20. The molecule has 0 saturated heterocycles. The Labute approximate surface area is 228 Å². The highest BCUT2D eigenvalue weighted by atomic mass is 127. The zero-order chi connectivity index (χ0) is 28.1. The number of amides is 1. The molecule has 2 aromatic heterocycles. The van der Waals surface area contributed by atoms with Gasteiger partial charge >= 0.3 is 5.69 Å². The van der Waals surface area contributed by atoms with Crippen LogP contribution in [0, 0.1) is 16.3 Å². The third-order valence-electron chi connectivity index (χ3n) is 5.96. The molecule has 0 aliphatic heterocycles. The van der Waals surface area contributed by atoms with Gasteiger partial charge in [0.1, 0.15) is 22.8 Å². The highest BCUT2D eigenvalue weighted by Crippen LogP contribution is 2.27. The van der Waals surface area contributed by atoms with Crippen LogP contribution in [-0.4, -0.2) is 33.8 Å². The van der Waals surface area contributed by atoms with E-state index < -0.39 is 44.1 Å². The van der Waals surface area contributed by atoms with Crippen LogP contribution in [0.3, 0.4) is 0 Å². The standard InChI is InChI=1S/C24H21FIN5O6S/c1-12-20-19(21(29(2)22(12)33)28-17-8-7-13(26)9-16(17)25)23(34)30(3)24(35)31(20)14-5-4-6-15(10-14)38(36,37)11-18(27)32/h4-10,28H,11H2,1-3H3,(H2,27,32). The van der Waals surface area contributed by atoms with E-state index in [0.29, 0.717) is 3.57 Å². The monoisotopic (exact) mass is 653 g/mol. The quantitative estimate of drug-likeness (QED) is 0.299. The summed E-state index contributed by atoms with van der Waals surface area (Å²) in [5.41, 5.74) is 2.83. The Kier molecular flexibility index (Phi) is 7.05. The largest absolute Gasteiger partial charge is 0.369 e. The normalized spacial score (nSPS) is 11.6. The van der Waals surface area contributed by atoms with Crippen LogP contribution in [0.15, 0.2) is 61.7 Å². The van der Waals surface area contributed by atoms with Crippen LogP contribution in [0.1, 0.15) is 5.56 Å². The summed E-state index contributed by atoms with van der Waals surface area (Å²) in [6.07, 6.45) is 0. The summed E-state index contributed by atoms with van der Waals surface area (Å²) < 4.78 is 43.6. The average molecular weight is 653 g/mol. The Morgan fingerprint density at radius 2 is 1.74 bits per heavy atom. The number of rotatable bonds is 6. The number of hydrogen-bond donors (Lipinski definition) is 2. The third-order valence-corrected chi connectivity index (χ3v) is 8.27. The molecule has 0 aliphatic carbocycles. The number of fused-ring (bicyclic) bond motifs is 1. The zero-order valence-electron chi connectivity index (χ0n) is 20.3. The van der Waals surface area contributed by atoms with Crippen molar-refractivity contribution in [3.05, 3.63) is 88.6 Å². The van der Waals surface area contributed by atoms with E-state index in [1.54, 1.807) is 6.07 Å². The van der Waals surface area contributed by atoms with E-state index in [1.807, 2.05) is 22.6 Å². The minimum absolute atomic E-state index is 0.00934. The van der Waals surface area contributed by atoms with Gasteiger partial charge in [0.05, 0.1) is 21.8 Å². The fourth-order valence-corrected chi connectivity index (χ4v) is 5.68. The first-order chi connectivity index (χ1) is 17.7. The number of nitrogens with one attached hydrogen (secondary N) is 1. The maximum atomic E-state index is 14.7. The molecule has 0 unspecified atom stereocenters. The molecule has 4 rings (SSSR count). The van der Waals surface area contributed by atoms with Gasteiger partial charge in [0.25, 0.3) is 11.1 Å². The summed E-state index contributed by atoms with van der Waals surface area (Å²) in [7, 11) is -1.51. The molecule has 11 nitrogen and oxygen atoms in total. The smallest absolute Gasteiger partial charge is 0.335 e.